The Labute approximate surface area is 90.2 Å². The molecule has 1 atom stereocenters. The van der Waals surface area contributed by atoms with Gasteiger partial charge in [-0.3, -0.25) is 0 Å². The molecule has 4 nitrogen and oxygen atoms in total. The Balaban J connectivity index is 3.49. The third-order valence-corrected chi connectivity index (χ3v) is 4.01. The number of sulfone groups is 1. The quantitative estimate of drug-likeness (QED) is 0.607. The topological polar surface area (TPSA) is 80.4 Å². The van der Waals surface area contributed by atoms with Crippen LogP contribution in [0.4, 0.5) is 0 Å². The Morgan fingerprint density at radius 1 is 1.43 bits per heavy atom. The molecule has 86 valence electrons. The van der Waals surface area contributed by atoms with E-state index in [4.69, 9.17) is 5.73 Å². The number of thioether (sulfide) groups is 1. The molecule has 0 aromatic carbocycles. The van der Waals surface area contributed by atoms with Crippen LogP contribution < -0.4 is 5.73 Å². The van der Waals surface area contributed by atoms with Gasteiger partial charge in [-0.25, -0.2) is 8.42 Å². The zero-order valence-electron chi connectivity index (χ0n) is 8.69. The van der Waals surface area contributed by atoms with Crippen molar-refractivity contribution in [3.05, 3.63) is 0 Å². The molecule has 3 N–H and O–H groups in total. The molecule has 6 heteroatoms. The van der Waals surface area contributed by atoms with Gasteiger partial charge in [-0.1, -0.05) is 0 Å². The van der Waals surface area contributed by atoms with Crippen molar-refractivity contribution in [1.29, 1.82) is 0 Å². The number of rotatable bonds is 7. The summed E-state index contributed by atoms with van der Waals surface area (Å²) in [4.78, 5) is 0. The van der Waals surface area contributed by atoms with Gasteiger partial charge in [0.2, 0.25) is 0 Å². The highest BCUT2D eigenvalue weighted by Crippen LogP contribution is 2.12. The highest BCUT2D eigenvalue weighted by molar-refractivity contribution is 8.00. The summed E-state index contributed by atoms with van der Waals surface area (Å²) < 4.78 is 21.5. The number of nitrogens with two attached hydrogens (primary N) is 1. The SMILES string of the molecule is CC(O)(CN)CCSCCS(C)(=O)=O. The van der Waals surface area contributed by atoms with Crippen molar-refractivity contribution in [3.8, 4) is 0 Å². The molecule has 1 unspecified atom stereocenters. The van der Waals surface area contributed by atoms with Gasteiger partial charge in [0, 0.05) is 18.6 Å². The van der Waals surface area contributed by atoms with Crippen LogP contribution in [0.1, 0.15) is 13.3 Å². The number of hydrogen-bond donors (Lipinski definition) is 2. The Morgan fingerprint density at radius 3 is 2.43 bits per heavy atom. The molecule has 0 saturated carbocycles. The van der Waals surface area contributed by atoms with E-state index in [1.807, 2.05) is 0 Å². The molecule has 0 aromatic rings. The van der Waals surface area contributed by atoms with Crippen molar-refractivity contribution in [2.45, 2.75) is 18.9 Å². The first-order chi connectivity index (χ1) is 6.27. The standard InChI is InChI=1S/C8H19NO3S2/c1-8(10,7-9)3-4-13-5-6-14(2,11)12/h10H,3-7,9H2,1-2H3. The van der Waals surface area contributed by atoms with Crippen LogP contribution in [0.25, 0.3) is 0 Å². The van der Waals surface area contributed by atoms with Gasteiger partial charge in [-0.2, -0.15) is 11.8 Å². The normalized spacial score (nSPS) is 16.6. The predicted octanol–water partition coefficient (Wildman–Crippen LogP) is -0.136. The van der Waals surface area contributed by atoms with E-state index in [1.165, 1.54) is 18.0 Å². The summed E-state index contributed by atoms with van der Waals surface area (Å²) in [6.07, 6.45) is 1.82. The monoisotopic (exact) mass is 241 g/mol. The first kappa shape index (κ1) is 14.2. The summed E-state index contributed by atoms with van der Waals surface area (Å²) in [5.74, 6) is 1.52. The van der Waals surface area contributed by atoms with E-state index in [0.29, 0.717) is 12.2 Å². The van der Waals surface area contributed by atoms with Gasteiger partial charge in [0.05, 0.1) is 11.4 Å². The number of hydrogen-bond acceptors (Lipinski definition) is 5. The minimum atomic E-state index is -2.85. The summed E-state index contributed by atoms with van der Waals surface area (Å²) in [6.45, 7) is 1.92. The molecule has 0 spiro atoms. The average Bonchev–Trinajstić information content (AvgIpc) is 2.01. The van der Waals surface area contributed by atoms with E-state index in [-0.39, 0.29) is 12.3 Å². The maximum atomic E-state index is 10.8. The van der Waals surface area contributed by atoms with E-state index >= 15 is 0 Å². The summed E-state index contributed by atoms with van der Waals surface area (Å²) in [5.41, 5.74) is 4.51. The second kappa shape index (κ2) is 5.95. The van der Waals surface area contributed by atoms with Crippen LogP contribution in [0.5, 0.6) is 0 Å². The maximum absolute atomic E-state index is 10.8. The van der Waals surface area contributed by atoms with Crippen molar-refractivity contribution >= 4 is 21.6 Å². The van der Waals surface area contributed by atoms with Crippen LogP contribution in [-0.4, -0.2) is 49.2 Å². The molecule has 0 aromatic heterocycles. The molecule has 0 saturated heterocycles. The molecule has 0 aliphatic rings. The molecule has 0 aliphatic heterocycles. The molecule has 0 heterocycles. The highest BCUT2D eigenvalue weighted by Gasteiger charge is 2.16. The molecule has 0 aliphatic carbocycles. The lowest BCUT2D eigenvalue weighted by atomic mass is 10.1. The third kappa shape index (κ3) is 8.80. The largest absolute Gasteiger partial charge is 0.389 e. The smallest absolute Gasteiger partial charge is 0.148 e. The lowest BCUT2D eigenvalue weighted by Crippen LogP contribution is -2.34. The van der Waals surface area contributed by atoms with Gasteiger partial charge < -0.3 is 10.8 Å². The summed E-state index contributed by atoms with van der Waals surface area (Å²) in [7, 11) is -2.85. The van der Waals surface area contributed by atoms with Crippen LogP contribution in [0.3, 0.4) is 0 Å². The van der Waals surface area contributed by atoms with Crippen LogP contribution >= 0.6 is 11.8 Å². The van der Waals surface area contributed by atoms with Gasteiger partial charge >= 0.3 is 0 Å². The van der Waals surface area contributed by atoms with Gasteiger partial charge in [-0.05, 0) is 19.1 Å². The fourth-order valence-electron chi connectivity index (χ4n) is 0.706. The highest BCUT2D eigenvalue weighted by atomic mass is 32.2. The Hall–Kier alpha value is 0.220. The molecule has 0 fully saturated rings. The Kier molecular flexibility index (Phi) is 6.04. The van der Waals surface area contributed by atoms with E-state index in [1.54, 1.807) is 6.92 Å². The van der Waals surface area contributed by atoms with Crippen LogP contribution in [0.2, 0.25) is 0 Å². The molecule has 0 amide bonds. The van der Waals surface area contributed by atoms with Gasteiger partial charge in [0.1, 0.15) is 9.84 Å². The number of aliphatic hydroxyl groups is 1. The van der Waals surface area contributed by atoms with Crippen LogP contribution in [0.15, 0.2) is 0 Å². The predicted molar refractivity (Wildman–Crippen MR) is 61.3 cm³/mol. The van der Waals surface area contributed by atoms with Crippen LogP contribution in [-0.2, 0) is 9.84 Å². The minimum Gasteiger partial charge on any atom is -0.389 e. The molecule has 0 bridgehead atoms. The molecule has 0 rings (SSSR count). The summed E-state index contributed by atoms with van der Waals surface area (Å²) in [6, 6.07) is 0. The van der Waals surface area contributed by atoms with Crippen molar-refractivity contribution in [3.63, 3.8) is 0 Å². The lowest BCUT2D eigenvalue weighted by Gasteiger charge is -2.20. The van der Waals surface area contributed by atoms with Gasteiger partial charge in [-0.15, -0.1) is 0 Å². The van der Waals surface area contributed by atoms with Crippen molar-refractivity contribution in [2.24, 2.45) is 5.73 Å². The zero-order valence-corrected chi connectivity index (χ0v) is 10.3. The fourth-order valence-corrected chi connectivity index (χ4v) is 3.18. The molecule has 0 radical (unpaired) electrons. The molecule has 14 heavy (non-hydrogen) atoms. The Morgan fingerprint density at radius 2 is 2.00 bits per heavy atom. The molecular formula is C8H19NO3S2. The van der Waals surface area contributed by atoms with E-state index in [2.05, 4.69) is 0 Å². The minimum absolute atomic E-state index is 0.197. The van der Waals surface area contributed by atoms with Crippen molar-refractivity contribution in [1.82, 2.24) is 0 Å². The van der Waals surface area contributed by atoms with E-state index < -0.39 is 15.4 Å². The fraction of sp³-hybridized carbons (Fsp3) is 1.00. The molecular weight excluding hydrogens is 222 g/mol. The average molecular weight is 241 g/mol. The van der Waals surface area contributed by atoms with Crippen molar-refractivity contribution in [2.75, 3.05) is 30.1 Å². The second-order valence-electron chi connectivity index (χ2n) is 3.69. The van der Waals surface area contributed by atoms with Crippen LogP contribution in [0, 0.1) is 0 Å². The second-order valence-corrected chi connectivity index (χ2v) is 7.18. The maximum Gasteiger partial charge on any atom is 0.148 e. The summed E-state index contributed by atoms with van der Waals surface area (Å²) in [5, 5.41) is 9.53. The first-order valence-corrected chi connectivity index (χ1v) is 7.66. The van der Waals surface area contributed by atoms with Gasteiger partial charge in [0.25, 0.3) is 0 Å². The van der Waals surface area contributed by atoms with E-state index in [0.717, 1.165) is 5.75 Å². The zero-order chi connectivity index (χ0) is 11.2. The lowest BCUT2D eigenvalue weighted by molar-refractivity contribution is 0.0665. The first-order valence-electron chi connectivity index (χ1n) is 4.45. The summed E-state index contributed by atoms with van der Waals surface area (Å²) >= 11 is 1.53. The Bertz CT molecular complexity index is 249. The van der Waals surface area contributed by atoms with Gasteiger partial charge in [0.15, 0.2) is 0 Å². The van der Waals surface area contributed by atoms with E-state index in [9.17, 15) is 13.5 Å². The van der Waals surface area contributed by atoms with Crippen molar-refractivity contribution < 1.29 is 13.5 Å². The third-order valence-electron chi connectivity index (χ3n) is 1.82.